The van der Waals surface area contributed by atoms with Gasteiger partial charge < -0.3 is 10.1 Å². The molecule has 0 amide bonds. The summed E-state index contributed by atoms with van der Waals surface area (Å²) in [6, 6.07) is 8.29. The van der Waals surface area contributed by atoms with Gasteiger partial charge in [-0.15, -0.1) is 0 Å². The molecule has 0 fully saturated rings. The van der Waals surface area contributed by atoms with Crippen LogP contribution < -0.4 is 10.1 Å². The molecule has 4 heteroatoms. The summed E-state index contributed by atoms with van der Waals surface area (Å²) in [5, 5.41) is 7.86. The largest absolute Gasteiger partial charge is 0.491 e. The first kappa shape index (κ1) is 14.4. The van der Waals surface area contributed by atoms with Crippen molar-refractivity contribution in [2.45, 2.75) is 39.8 Å². The molecule has 0 saturated heterocycles. The first-order valence-electron chi connectivity index (χ1n) is 6.99. The number of ether oxygens (including phenoxy) is 1. The van der Waals surface area contributed by atoms with E-state index in [2.05, 4.69) is 23.5 Å². The van der Waals surface area contributed by atoms with E-state index in [1.807, 2.05) is 56.8 Å². The number of hydrogen-bond acceptors (Lipinski definition) is 3. The predicted molar refractivity (Wildman–Crippen MR) is 82.2 cm³/mol. The molecule has 1 N–H and O–H groups in total. The molecule has 0 aliphatic rings. The molecule has 1 heterocycles. The molecule has 1 atom stereocenters. The summed E-state index contributed by atoms with van der Waals surface area (Å²) < 4.78 is 7.49. The highest BCUT2D eigenvalue weighted by Crippen LogP contribution is 2.23. The van der Waals surface area contributed by atoms with Gasteiger partial charge in [0.1, 0.15) is 5.75 Å². The van der Waals surface area contributed by atoms with E-state index in [0.717, 1.165) is 17.1 Å². The van der Waals surface area contributed by atoms with Crippen molar-refractivity contribution in [3.05, 3.63) is 41.7 Å². The van der Waals surface area contributed by atoms with Gasteiger partial charge in [-0.1, -0.05) is 0 Å². The smallest absolute Gasteiger partial charge is 0.119 e. The maximum absolute atomic E-state index is 5.64. The third kappa shape index (κ3) is 3.53. The molecule has 0 aliphatic heterocycles. The SMILES string of the molecule is Cc1nn(C)cc1C(C)Nc1ccc(OC(C)C)cc1. The van der Waals surface area contributed by atoms with Gasteiger partial charge >= 0.3 is 0 Å². The van der Waals surface area contributed by atoms with Gasteiger partial charge in [0.2, 0.25) is 0 Å². The van der Waals surface area contributed by atoms with Gasteiger partial charge in [0.15, 0.2) is 0 Å². The zero-order chi connectivity index (χ0) is 14.7. The van der Waals surface area contributed by atoms with E-state index in [1.165, 1.54) is 5.56 Å². The number of nitrogens with zero attached hydrogens (tertiary/aromatic N) is 2. The molecule has 1 unspecified atom stereocenters. The van der Waals surface area contributed by atoms with E-state index < -0.39 is 0 Å². The van der Waals surface area contributed by atoms with Crippen LogP contribution in [-0.2, 0) is 7.05 Å². The van der Waals surface area contributed by atoms with Crippen LogP contribution in [0, 0.1) is 6.92 Å². The van der Waals surface area contributed by atoms with E-state index in [9.17, 15) is 0 Å². The van der Waals surface area contributed by atoms with Crippen molar-refractivity contribution < 1.29 is 4.74 Å². The molecule has 0 spiro atoms. The van der Waals surface area contributed by atoms with E-state index in [4.69, 9.17) is 4.74 Å². The van der Waals surface area contributed by atoms with Crippen LogP contribution in [0.25, 0.3) is 0 Å². The van der Waals surface area contributed by atoms with Crippen molar-refractivity contribution in [2.75, 3.05) is 5.32 Å². The third-order valence-corrected chi connectivity index (χ3v) is 3.13. The second kappa shape index (κ2) is 5.99. The van der Waals surface area contributed by atoms with Crippen molar-refractivity contribution >= 4 is 5.69 Å². The maximum atomic E-state index is 5.64. The van der Waals surface area contributed by atoms with Gasteiger partial charge in [-0.05, 0) is 52.0 Å². The highest BCUT2D eigenvalue weighted by molar-refractivity contribution is 5.48. The molecule has 2 aromatic rings. The Morgan fingerprint density at radius 1 is 1.15 bits per heavy atom. The van der Waals surface area contributed by atoms with Gasteiger partial charge in [0.05, 0.1) is 17.8 Å². The number of nitrogens with one attached hydrogen (secondary N) is 1. The van der Waals surface area contributed by atoms with E-state index >= 15 is 0 Å². The average molecular weight is 273 g/mol. The molecule has 0 aliphatic carbocycles. The Bertz CT molecular complexity index is 558. The van der Waals surface area contributed by atoms with E-state index in [1.54, 1.807) is 0 Å². The lowest BCUT2D eigenvalue weighted by molar-refractivity contribution is 0.242. The van der Waals surface area contributed by atoms with Crippen molar-refractivity contribution in [1.29, 1.82) is 0 Å². The third-order valence-electron chi connectivity index (χ3n) is 3.13. The van der Waals surface area contributed by atoms with Crippen LogP contribution in [0.15, 0.2) is 30.5 Å². The molecule has 0 bridgehead atoms. The summed E-state index contributed by atoms with van der Waals surface area (Å²) >= 11 is 0. The Morgan fingerprint density at radius 2 is 1.80 bits per heavy atom. The first-order valence-corrected chi connectivity index (χ1v) is 6.99. The summed E-state index contributed by atoms with van der Waals surface area (Å²) in [5.74, 6) is 0.899. The van der Waals surface area contributed by atoms with Crippen LogP contribution >= 0.6 is 0 Å². The quantitative estimate of drug-likeness (QED) is 0.903. The van der Waals surface area contributed by atoms with Crippen LogP contribution in [0.3, 0.4) is 0 Å². The topological polar surface area (TPSA) is 39.1 Å². The number of aryl methyl sites for hydroxylation is 2. The Hall–Kier alpha value is -1.97. The number of benzene rings is 1. The summed E-state index contributed by atoms with van der Waals surface area (Å²) in [6.45, 7) is 8.23. The van der Waals surface area contributed by atoms with Crippen LogP contribution in [0.5, 0.6) is 5.75 Å². The molecule has 1 aromatic heterocycles. The van der Waals surface area contributed by atoms with Gasteiger partial charge in [0, 0.05) is 24.5 Å². The van der Waals surface area contributed by atoms with Crippen LogP contribution in [0.1, 0.15) is 38.1 Å². The second-order valence-electron chi connectivity index (χ2n) is 5.40. The lowest BCUT2D eigenvalue weighted by atomic mass is 10.1. The lowest BCUT2D eigenvalue weighted by Gasteiger charge is -2.15. The van der Waals surface area contributed by atoms with Gasteiger partial charge in [-0.3, -0.25) is 4.68 Å². The summed E-state index contributed by atoms with van der Waals surface area (Å²) in [6.07, 6.45) is 2.26. The highest BCUT2D eigenvalue weighted by Gasteiger charge is 2.11. The normalized spacial score (nSPS) is 12.5. The minimum atomic E-state index is 0.200. The summed E-state index contributed by atoms with van der Waals surface area (Å²) in [4.78, 5) is 0. The van der Waals surface area contributed by atoms with Crippen LogP contribution in [0.2, 0.25) is 0 Å². The van der Waals surface area contributed by atoms with Crippen LogP contribution in [-0.4, -0.2) is 15.9 Å². The van der Waals surface area contributed by atoms with E-state index in [-0.39, 0.29) is 12.1 Å². The Morgan fingerprint density at radius 3 is 2.30 bits per heavy atom. The van der Waals surface area contributed by atoms with Crippen molar-refractivity contribution in [3.63, 3.8) is 0 Å². The fourth-order valence-corrected chi connectivity index (χ4v) is 2.27. The Kier molecular flexibility index (Phi) is 4.32. The van der Waals surface area contributed by atoms with Gasteiger partial charge in [-0.2, -0.15) is 5.10 Å². The van der Waals surface area contributed by atoms with Crippen molar-refractivity contribution in [1.82, 2.24) is 9.78 Å². The molecule has 4 nitrogen and oxygen atoms in total. The molecule has 2 rings (SSSR count). The average Bonchev–Trinajstić information content (AvgIpc) is 2.70. The van der Waals surface area contributed by atoms with E-state index in [0.29, 0.717) is 0 Å². The summed E-state index contributed by atoms with van der Waals surface area (Å²) in [5.41, 5.74) is 3.36. The second-order valence-corrected chi connectivity index (χ2v) is 5.40. The molecule has 0 radical (unpaired) electrons. The monoisotopic (exact) mass is 273 g/mol. The standard InChI is InChI=1S/C16H23N3O/c1-11(2)20-15-8-6-14(7-9-15)17-12(3)16-10-19(5)18-13(16)4/h6-12,17H,1-5H3. The van der Waals surface area contributed by atoms with Crippen LogP contribution in [0.4, 0.5) is 5.69 Å². The predicted octanol–water partition coefficient (Wildman–Crippen LogP) is 3.69. The fraction of sp³-hybridized carbons (Fsp3) is 0.438. The van der Waals surface area contributed by atoms with Gasteiger partial charge in [0.25, 0.3) is 0 Å². The summed E-state index contributed by atoms with van der Waals surface area (Å²) in [7, 11) is 1.95. The van der Waals surface area contributed by atoms with Crippen molar-refractivity contribution in [3.8, 4) is 5.75 Å². The van der Waals surface area contributed by atoms with Crippen molar-refractivity contribution in [2.24, 2.45) is 7.05 Å². The lowest BCUT2D eigenvalue weighted by Crippen LogP contribution is -2.08. The number of rotatable bonds is 5. The zero-order valence-electron chi connectivity index (χ0n) is 12.8. The minimum absolute atomic E-state index is 0.200. The first-order chi connectivity index (χ1) is 9.45. The Balaban J connectivity index is 2.04. The number of aromatic nitrogens is 2. The molecule has 20 heavy (non-hydrogen) atoms. The van der Waals surface area contributed by atoms with Gasteiger partial charge in [-0.25, -0.2) is 0 Å². The Labute approximate surface area is 120 Å². The zero-order valence-corrected chi connectivity index (χ0v) is 12.8. The molecule has 108 valence electrons. The maximum Gasteiger partial charge on any atom is 0.119 e. The molecule has 0 saturated carbocycles. The number of hydrogen-bond donors (Lipinski definition) is 1. The molecular weight excluding hydrogens is 250 g/mol. The minimum Gasteiger partial charge on any atom is -0.491 e. The molecular formula is C16H23N3O. The fourth-order valence-electron chi connectivity index (χ4n) is 2.27. The number of anilines is 1. The molecule has 1 aromatic carbocycles. The highest BCUT2D eigenvalue weighted by atomic mass is 16.5.